The van der Waals surface area contributed by atoms with Gasteiger partial charge < -0.3 is 5.11 Å². The van der Waals surface area contributed by atoms with Crippen LogP contribution in [0.2, 0.25) is 0 Å². The molecule has 0 unspecified atom stereocenters. The van der Waals surface area contributed by atoms with Crippen LogP contribution in [0.5, 0.6) is 0 Å². The molecule has 0 atom stereocenters. The van der Waals surface area contributed by atoms with Crippen molar-refractivity contribution in [2.45, 2.75) is 24.3 Å². The zero-order chi connectivity index (χ0) is 13.2. The first-order valence-corrected chi connectivity index (χ1v) is 7.25. The van der Waals surface area contributed by atoms with Crippen molar-refractivity contribution in [2.75, 3.05) is 0 Å². The molecule has 2 rings (SSSR count). The Morgan fingerprint density at radius 3 is 2.89 bits per heavy atom. The summed E-state index contributed by atoms with van der Waals surface area (Å²) in [6.45, 7) is 1.54. The van der Waals surface area contributed by atoms with Crippen molar-refractivity contribution in [3.63, 3.8) is 0 Å². The summed E-state index contributed by atoms with van der Waals surface area (Å²) in [7, 11) is -3.61. The Labute approximate surface area is 107 Å². The number of nitrogens with zero attached hydrogens (tertiary/aromatic N) is 3. The van der Waals surface area contributed by atoms with Crippen molar-refractivity contribution in [1.29, 1.82) is 0 Å². The molecule has 0 bridgehead atoms. The lowest BCUT2D eigenvalue weighted by molar-refractivity contribution is 0.285. The molecule has 10 heteroatoms. The topological polar surface area (TPSA) is 121 Å². The normalized spacial score (nSPS) is 11.9. The maximum atomic E-state index is 11.9. The first-order chi connectivity index (χ1) is 8.53. The van der Waals surface area contributed by atoms with Gasteiger partial charge in [0.15, 0.2) is 5.82 Å². The number of tetrazole rings is 1. The van der Waals surface area contributed by atoms with Gasteiger partial charge in [-0.1, -0.05) is 5.21 Å². The Bertz CT molecular complexity index is 619. The smallest absolute Gasteiger partial charge is 0.250 e. The van der Waals surface area contributed by atoms with Crippen LogP contribution in [-0.2, 0) is 23.2 Å². The van der Waals surface area contributed by atoms with Gasteiger partial charge in [0.05, 0.1) is 13.2 Å². The molecule has 0 amide bonds. The second-order valence-electron chi connectivity index (χ2n) is 3.48. The van der Waals surface area contributed by atoms with Gasteiger partial charge in [-0.15, -0.1) is 21.5 Å². The van der Waals surface area contributed by atoms with E-state index in [4.69, 9.17) is 5.11 Å². The second-order valence-corrected chi connectivity index (χ2v) is 6.61. The van der Waals surface area contributed by atoms with Crippen LogP contribution in [0.4, 0.5) is 0 Å². The molecular weight excluding hydrogens is 278 g/mol. The highest BCUT2D eigenvalue weighted by atomic mass is 32.2. The third kappa shape index (κ3) is 2.72. The summed E-state index contributed by atoms with van der Waals surface area (Å²) in [5.74, 6) is 0.259. The number of H-pyrrole nitrogens is 1. The van der Waals surface area contributed by atoms with Gasteiger partial charge in [0, 0.05) is 4.88 Å². The highest BCUT2D eigenvalue weighted by Crippen LogP contribution is 2.25. The Kier molecular flexibility index (Phi) is 3.71. The van der Waals surface area contributed by atoms with Crippen molar-refractivity contribution in [2.24, 2.45) is 0 Å². The molecule has 0 aromatic carbocycles. The van der Waals surface area contributed by atoms with Crippen LogP contribution in [-0.4, -0.2) is 34.1 Å². The van der Waals surface area contributed by atoms with Crippen LogP contribution in [0, 0.1) is 6.92 Å². The summed E-state index contributed by atoms with van der Waals surface area (Å²) in [6, 6.07) is 1.52. The van der Waals surface area contributed by atoms with E-state index >= 15 is 0 Å². The van der Waals surface area contributed by atoms with E-state index in [1.807, 2.05) is 0 Å². The number of nitrogens with one attached hydrogen (secondary N) is 2. The molecule has 0 radical (unpaired) electrons. The number of hydrogen-bond donors (Lipinski definition) is 3. The maximum Gasteiger partial charge on any atom is 0.250 e. The van der Waals surface area contributed by atoms with Crippen molar-refractivity contribution in [3.05, 3.63) is 22.3 Å². The van der Waals surface area contributed by atoms with Crippen LogP contribution in [0.15, 0.2) is 10.3 Å². The number of rotatable bonds is 5. The first-order valence-electron chi connectivity index (χ1n) is 4.95. The minimum atomic E-state index is -3.61. The van der Waals surface area contributed by atoms with E-state index in [-0.39, 0.29) is 23.2 Å². The van der Waals surface area contributed by atoms with E-state index in [9.17, 15) is 8.42 Å². The maximum absolute atomic E-state index is 11.9. The van der Waals surface area contributed by atoms with E-state index in [1.54, 1.807) is 6.92 Å². The van der Waals surface area contributed by atoms with E-state index in [0.29, 0.717) is 4.88 Å². The SMILES string of the molecule is Cc1cc(S(=O)(=O)NCc2nn[nH]n2)sc1CO. The molecule has 2 aromatic heterocycles. The predicted octanol–water partition coefficient (Wildman–Crippen LogP) is -0.460. The third-order valence-corrected chi connectivity index (χ3v) is 5.31. The molecule has 0 saturated heterocycles. The summed E-state index contributed by atoms with van der Waals surface area (Å²) in [5.41, 5.74) is 0.752. The van der Waals surface area contributed by atoms with Crippen LogP contribution in [0.3, 0.4) is 0 Å². The molecular formula is C8H11N5O3S2. The molecule has 18 heavy (non-hydrogen) atoms. The molecule has 2 aromatic rings. The van der Waals surface area contributed by atoms with E-state index in [1.165, 1.54) is 6.07 Å². The number of aromatic nitrogens is 4. The highest BCUT2D eigenvalue weighted by molar-refractivity contribution is 7.91. The van der Waals surface area contributed by atoms with Crippen LogP contribution in [0.25, 0.3) is 0 Å². The molecule has 0 aliphatic carbocycles. The van der Waals surface area contributed by atoms with Crippen molar-refractivity contribution < 1.29 is 13.5 Å². The number of aromatic amines is 1. The molecule has 0 aliphatic heterocycles. The molecule has 3 N–H and O–H groups in total. The Morgan fingerprint density at radius 1 is 1.56 bits per heavy atom. The van der Waals surface area contributed by atoms with E-state index in [0.717, 1.165) is 16.9 Å². The first kappa shape index (κ1) is 13.1. The van der Waals surface area contributed by atoms with Gasteiger partial charge in [0.25, 0.3) is 0 Å². The van der Waals surface area contributed by atoms with Gasteiger partial charge in [-0.25, -0.2) is 13.1 Å². The monoisotopic (exact) mass is 289 g/mol. The molecule has 0 aliphatic rings. The summed E-state index contributed by atoms with van der Waals surface area (Å²) < 4.78 is 26.4. The Hall–Kier alpha value is -1.36. The van der Waals surface area contributed by atoms with Gasteiger partial charge in [-0.2, -0.15) is 5.21 Å². The summed E-state index contributed by atoms with van der Waals surface area (Å²) in [6.07, 6.45) is 0. The lowest BCUT2D eigenvalue weighted by atomic mass is 10.3. The fourth-order valence-electron chi connectivity index (χ4n) is 1.27. The number of aliphatic hydroxyl groups excluding tert-OH is 1. The van der Waals surface area contributed by atoms with Gasteiger partial charge in [0.2, 0.25) is 10.0 Å². The fourth-order valence-corrected chi connectivity index (χ4v) is 3.74. The van der Waals surface area contributed by atoms with Crippen molar-refractivity contribution in [1.82, 2.24) is 25.3 Å². The quantitative estimate of drug-likeness (QED) is 0.685. The van der Waals surface area contributed by atoms with E-state index < -0.39 is 10.0 Å². The lowest BCUT2D eigenvalue weighted by Gasteiger charge is -2.00. The van der Waals surface area contributed by atoms with Crippen LogP contribution < -0.4 is 4.72 Å². The molecule has 98 valence electrons. The molecule has 2 heterocycles. The fraction of sp³-hybridized carbons (Fsp3) is 0.375. The minimum absolute atomic E-state index is 0.0375. The predicted molar refractivity (Wildman–Crippen MR) is 63.2 cm³/mol. The van der Waals surface area contributed by atoms with Gasteiger partial charge >= 0.3 is 0 Å². The largest absolute Gasteiger partial charge is 0.391 e. The van der Waals surface area contributed by atoms with Crippen molar-refractivity contribution >= 4 is 21.4 Å². The average Bonchev–Trinajstić information content (AvgIpc) is 2.95. The number of hydrogen-bond acceptors (Lipinski definition) is 7. The number of thiophene rings is 1. The average molecular weight is 289 g/mol. The van der Waals surface area contributed by atoms with E-state index in [2.05, 4.69) is 25.3 Å². The van der Waals surface area contributed by atoms with Gasteiger partial charge in [-0.05, 0) is 18.6 Å². The number of sulfonamides is 1. The standard InChI is InChI=1S/C8H11N5O3S2/c1-5-2-8(17-6(5)4-14)18(15,16)9-3-7-10-12-13-11-7/h2,9,14H,3-4H2,1H3,(H,10,11,12,13). The summed E-state index contributed by atoms with van der Waals surface area (Å²) in [4.78, 5) is 0.634. The molecule has 8 nitrogen and oxygen atoms in total. The van der Waals surface area contributed by atoms with Gasteiger partial charge in [-0.3, -0.25) is 0 Å². The number of aliphatic hydroxyl groups is 1. The zero-order valence-corrected chi connectivity index (χ0v) is 11.0. The lowest BCUT2D eigenvalue weighted by Crippen LogP contribution is -2.23. The Morgan fingerprint density at radius 2 is 2.33 bits per heavy atom. The summed E-state index contributed by atoms with van der Waals surface area (Å²) >= 11 is 1.04. The van der Waals surface area contributed by atoms with Crippen molar-refractivity contribution in [3.8, 4) is 0 Å². The zero-order valence-electron chi connectivity index (χ0n) is 9.41. The van der Waals surface area contributed by atoms with Gasteiger partial charge in [0.1, 0.15) is 4.21 Å². The van der Waals surface area contributed by atoms with Crippen LogP contribution >= 0.6 is 11.3 Å². The molecule has 0 spiro atoms. The second kappa shape index (κ2) is 5.10. The minimum Gasteiger partial charge on any atom is -0.391 e. The Balaban J connectivity index is 2.14. The van der Waals surface area contributed by atoms with Crippen LogP contribution in [0.1, 0.15) is 16.3 Å². The molecule has 0 fully saturated rings. The third-order valence-electron chi connectivity index (χ3n) is 2.22. The summed E-state index contributed by atoms with van der Waals surface area (Å²) in [5, 5.41) is 21.9. The molecule has 0 saturated carbocycles. The highest BCUT2D eigenvalue weighted by Gasteiger charge is 2.19. The number of aryl methyl sites for hydroxylation is 1.